The van der Waals surface area contributed by atoms with Crippen LogP contribution in [0.15, 0.2) is 23.3 Å². The molecule has 39 heavy (non-hydrogen) atoms. The molecule has 4 aliphatic carbocycles. The van der Waals surface area contributed by atoms with Gasteiger partial charge in [-0.05, 0) is 91.0 Å². The van der Waals surface area contributed by atoms with Crippen LogP contribution in [0.2, 0.25) is 36.3 Å². The molecule has 7 atom stereocenters. The number of rotatable bonds is 5. The average molecular weight is 638 g/mol. The molecule has 0 spiro atoms. The first kappa shape index (κ1) is 32.2. The molecule has 0 amide bonds. The average Bonchev–Trinajstić information content (AvgIpc) is 3.10. The van der Waals surface area contributed by atoms with Gasteiger partial charge in [0.1, 0.15) is 4.51 Å². The molecule has 5 heteroatoms. The molecular weight excluding hydrogens is 576 g/mol. The van der Waals surface area contributed by atoms with Gasteiger partial charge in [-0.15, -0.1) is 0 Å². The number of allylic oxidation sites excluding steroid dienone is 3. The molecular formula is C34H61BrO2Si2. The van der Waals surface area contributed by atoms with Gasteiger partial charge in [0.05, 0.1) is 6.10 Å². The summed E-state index contributed by atoms with van der Waals surface area (Å²) in [4.78, 5) is 0. The van der Waals surface area contributed by atoms with Crippen LogP contribution in [0.3, 0.4) is 0 Å². The smallest absolute Gasteiger partial charge is 0.193 e. The fourth-order valence-corrected chi connectivity index (χ4v) is 13.1. The molecule has 4 rings (SSSR count). The lowest BCUT2D eigenvalue weighted by atomic mass is 9.49. The highest BCUT2D eigenvalue weighted by Crippen LogP contribution is 2.68. The van der Waals surface area contributed by atoms with Crippen molar-refractivity contribution >= 4 is 32.6 Å². The van der Waals surface area contributed by atoms with Crippen LogP contribution in [0.25, 0.3) is 0 Å². The molecule has 224 valence electrons. The molecule has 4 aliphatic rings. The molecule has 0 aromatic rings. The lowest BCUT2D eigenvalue weighted by Gasteiger charge is -2.61. The summed E-state index contributed by atoms with van der Waals surface area (Å²) in [6, 6.07) is 0. The lowest BCUT2D eigenvalue weighted by Crippen LogP contribution is -2.60. The quantitative estimate of drug-likeness (QED) is 0.221. The van der Waals surface area contributed by atoms with Gasteiger partial charge >= 0.3 is 0 Å². The first-order valence-corrected chi connectivity index (χ1v) is 22.6. The van der Waals surface area contributed by atoms with Crippen LogP contribution in [0.1, 0.15) is 108 Å². The Morgan fingerprint density at radius 1 is 0.872 bits per heavy atom. The molecule has 3 saturated carbocycles. The van der Waals surface area contributed by atoms with E-state index in [9.17, 15) is 0 Å². The Morgan fingerprint density at radius 3 is 2.00 bits per heavy atom. The molecule has 0 aromatic carbocycles. The second kappa shape index (κ2) is 9.92. The van der Waals surface area contributed by atoms with E-state index in [0.29, 0.717) is 11.3 Å². The molecule has 0 unspecified atom stereocenters. The van der Waals surface area contributed by atoms with E-state index < -0.39 is 16.6 Å². The fraction of sp³-hybridized carbons (Fsp3) is 0.882. The zero-order chi connectivity index (χ0) is 29.6. The fourth-order valence-electron chi connectivity index (χ4n) is 8.52. The molecule has 0 aliphatic heterocycles. The van der Waals surface area contributed by atoms with Gasteiger partial charge < -0.3 is 8.85 Å². The summed E-state index contributed by atoms with van der Waals surface area (Å²) in [7, 11) is -3.99. The summed E-state index contributed by atoms with van der Waals surface area (Å²) in [5.41, 5.74) is 3.80. The normalized spacial score (nSPS) is 39.6. The summed E-state index contributed by atoms with van der Waals surface area (Å²) in [5.74, 6) is 2.93. The third kappa shape index (κ3) is 5.34. The summed E-state index contributed by atoms with van der Waals surface area (Å²) >= 11 is 4.26. The third-order valence-electron chi connectivity index (χ3n) is 13.0. The van der Waals surface area contributed by atoms with E-state index in [2.05, 4.69) is 124 Å². The lowest BCUT2D eigenvalue weighted by molar-refractivity contribution is -0.0517. The highest BCUT2D eigenvalue weighted by molar-refractivity contribution is 9.10. The van der Waals surface area contributed by atoms with E-state index in [1.165, 1.54) is 25.7 Å². The van der Waals surface area contributed by atoms with Crippen LogP contribution < -0.4 is 0 Å². The number of hydrogen-bond donors (Lipinski definition) is 0. The van der Waals surface area contributed by atoms with Gasteiger partial charge in [0, 0.05) is 18.3 Å². The minimum Gasteiger partial charge on any atom is -0.413 e. The molecule has 0 heterocycles. The van der Waals surface area contributed by atoms with Gasteiger partial charge in [-0.25, -0.2) is 0 Å². The van der Waals surface area contributed by atoms with Crippen molar-refractivity contribution in [1.82, 2.24) is 0 Å². The van der Waals surface area contributed by atoms with Gasteiger partial charge in [-0.3, -0.25) is 0 Å². The van der Waals surface area contributed by atoms with E-state index in [-0.39, 0.29) is 26.1 Å². The van der Waals surface area contributed by atoms with Gasteiger partial charge in [0.25, 0.3) is 0 Å². The number of hydrogen-bond acceptors (Lipinski definition) is 2. The number of alkyl halides is 1. The summed E-state index contributed by atoms with van der Waals surface area (Å²) in [6.07, 6.45) is 12.6. The minimum atomic E-state index is -2.01. The second-order valence-corrected chi connectivity index (χ2v) is 28.6. The predicted molar refractivity (Wildman–Crippen MR) is 177 cm³/mol. The number of fused-ring (bicyclic) bond motifs is 5. The molecule has 2 nitrogen and oxygen atoms in total. The molecule has 0 bridgehead atoms. The maximum Gasteiger partial charge on any atom is 0.193 e. The second-order valence-electron chi connectivity index (χ2n) is 17.7. The van der Waals surface area contributed by atoms with Crippen molar-refractivity contribution in [2.75, 3.05) is 0 Å². The van der Waals surface area contributed by atoms with E-state index in [4.69, 9.17) is 8.85 Å². The van der Waals surface area contributed by atoms with Crippen LogP contribution in [-0.4, -0.2) is 27.2 Å². The Bertz CT molecular complexity index is 1020. The topological polar surface area (TPSA) is 18.5 Å². The van der Waals surface area contributed by atoms with Crippen LogP contribution >= 0.6 is 15.9 Å². The first-order chi connectivity index (χ1) is 17.5. The Kier molecular flexibility index (Phi) is 8.20. The van der Waals surface area contributed by atoms with E-state index in [0.717, 1.165) is 30.6 Å². The Balaban J connectivity index is 1.78. The van der Waals surface area contributed by atoms with Crippen LogP contribution in [0.4, 0.5) is 0 Å². The van der Waals surface area contributed by atoms with Crippen molar-refractivity contribution in [2.24, 2.45) is 34.5 Å². The largest absolute Gasteiger partial charge is 0.413 e. The Hall–Kier alpha value is 0.314. The van der Waals surface area contributed by atoms with Crippen molar-refractivity contribution in [3.8, 4) is 0 Å². The van der Waals surface area contributed by atoms with Crippen molar-refractivity contribution in [3.05, 3.63) is 23.3 Å². The molecule has 0 saturated heterocycles. The SMILES string of the molecule is CC(C)[C@H]1CC[C@H]2C3=CC=C4C[C@@](Br)(O[Si](C)(C)C(C)(C)C)C[C@H](O[Si](C)(C)C(C)(C)C)[C@]4(C)[C@H]3CC[C@]12C. The monoisotopic (exact) mass is 636 g/mol. The minimum absolute atomic E-state index is 0.0327. The summed E-state index contributed by atoms with van der Waals surface area (Å²) in [6.45, 7) is 34.0. The highest BCUT2D eigenvalue weighted by Gasteiger charge is 2.62. The summed E-state index contributed by atoms with van der Waals surface area (Å²) in [5, 5.41) is 0.343. The highest BCUT2D eigenvalue weighted by atomic mass is 79.9. The third-order valence-corrected chi connectivity index (χ3v) is 23.0. The molecule has 0 aromatic heterocycles. The number of halogens is 1. The summed E-state index contributed by atoms with van der Waals surface area (Å²) < 4.78 is 14.4. The maximum atomic E-state index is 7.53. The maximum absolute atomic E-state index is 7.53. The predicted octanol–water partition coefficient (Wildman–Crippen LogP) is 11.3. The molecule has 3 fully saturated rings. The van der Waals surface area contributed by atoms with Crippen LogP contribution in [0.5, 0.6) is 0 Å². The van der Waals surface area contributed by atoms with Crippen molar-refractivity contribution < 1.29 is 8.85 Å². The van der Waals surface area contributed by atoms with Crippen LogP contribution in [0, 0.1) is 34.5 Å². The Morgan fingerprint density at radius 2 is 1.46 bits per heavy atom. The standard InChI is InChI=1S/C34H61BrO2Si2/c1-23(2)26-17-18-27-25-16-15-24-21-34(35,37-39(13,14)31(6,7)8)22-29(36-38(11,12)30(3,4)5)33(24,10)28(25)19-20-32(26,27)9/h15-16,23,26-29H,17-22H2,1-14H3/t26-,27+,28+,29+,32-,33+,34-/m1/s1. The van der Waals surface area contributed by atoms with E-state index in [1.54, 1.807) is 11.1 Å². The van der Waals surface area contributed by atoms with E-state index in [1.807, 2.05) is 0 Å². The van der Waals surface area contributed by atoms with E-state index >= 15 is 0 Å². The van der Waals surface area contributed by atoms with Crippen molar-refractivity contribution in [2.45, 2.75) is 155 Å². The van der Waals surface area contributed by atoms with Gasteiger partial charge in [0.15, 0.2) is 16.6 Å². The van der Waals surface area contributed by atoms with Gasteiger partial charge in [-0.1, -0.05) is 108 Å². The zero-order valence-electron chi connectivity index (χ0n) is 28.0. The Labute approximate surface area is 252 Å². The molecule has 0 radical (unpaired) electrons. The van der Waals surface area contributed by atoms with Gasteiger partial charge in [-0.2, -0.15) is 0 Å². The van der Waals surface area contributed by atoms with Crippen LogP contribution in [-0.2, 0) is 8.85 Å². The van der Waals surface area contributed by atoms with Gasteiger partial charge in [0.2, 0.25) is 0 Å². The van der Waals surface area contributed by atoms with Crippen molar-refractivity contribution in [3.63, 3.8) is 0 Å². The van der Waals surface area contributed by atoms with Crippen molar-refractivity contribution in [1.29, 1.82) is 0 Å². The first-order valence-electron chi connectivity index (χ1n) is 16.0. The molecule has 0 N–H and O–H groups in total. The zero-order valence-corrected chi connectivity index (χ0v) is 31.6.